The molecule has 2 rings (SSSR count). The zero-order valence-electron chi connectivity index (χ0n) is 8.77. The molecule has 0 aliphatic rings. The molecule has 4 nitrogen and oxygen atoms in total. The molecule has 80 valence electrons. The number of aryl methyl sites for hydroxylation is 2. The summed E-state index contributed by atoms with van der Waals surface area (Å²) in [7, 11) is 0. The normalized spacial score (nSPS) is 11.1. The molecule has 0 fully saturated rings. The van der Waals surface area contributed by atoms with Gasteiger partial charge < -0.3 is 10.8 Å². The molecule has 0 saturated heterocycles. The molecule has 1 aromatic carbocycles. The summed E-state index contributed by atoms with van der Waals surface area (Å²) in [5.74, 6) is 0. The summed E-state index contributed by atoms with van der Waals surface area (Å²) < 4.78 is 1.92. The predicted octanol–water partition coefficient (Wildman–Crippen LogP) is 1.31. The summed E-state index contributed by atoms with van der Waals surface area (Å²) in [6.07, 6.45) is 0.726. The lowest BCUT2D eigenvalue weighted by Gasteiger charge is -2.01. The SMILES string of the molecule is Cc1c2ccc(N)cc2nn1CCCO. The van der Waals surface area contributed by atoms with Gasteiger partial charge in [-0.15, -0.1) is 0 Å². The second-order valence-electron chi connectivity index (χ2n) is 3.66. The number of hydrogen-bond donors (Lipinski definition) is 2. The van der Waals surface area contributed by atoms with Crippen molar-refractivity contribution in [1.29, 1.82) is 0 Å². The van der Waals surface area contributed by atoms with E-state index < -0.39 is 0 Å². The Kier molecular flexibility index (Phi) is 2.60. The number of nitrogens with zero attached hydrogens (tertiary/aromatic N) is 2. The van der Waals surface area contributed by atoms with E-state index in [9.17, 15) is 0 Å². The molecule has 0 atom stereocenters. The van der Waals surface area contributed by atoms with Gasteiger partial charge in [-0.05, 0) is 31.5 Å². The Morgan fingerprint density at radius 1 is 1.47 bits per heavy atom. The number of anilines is 1. The lowest BCUT2D eigenvalue weighted by molar-refractivity contribution is 0.276. The lowest BCUT2D eigenvalue weighted by atomic mass is 10.2. The third-order valence-corrected chi connectivity index (χ3v) is 2.56. The van der Waals surface area contributed by atoms with E-state index in [0.717, 1.165) is 35.2 Å². The molecule has 0 saturated carbocycles. The first-order chi connectivity index (χ1) is 7.22. The Labute approximate surface area is 88.3 Å². The monoisotopic (exact) mass is 205 g/mol. The maximum atomic E-state index is 8.78. The summed E-state index contributed by atoms with van der Waals surface area (Å²) in [6, 6.07) is 5.74. The zero-order chi connectivity index (χ0) is 10.8. The van der Waals surface area contributed by atoms with E-state index in [2.05, 4.69) is 5.10 Å². The standard InChI is InChI=1S/C11H15N3O/c1-8-10-4-3-9(12)7-11(10)13-14(8)5-2-6-15/h3-4,7,15H,2,5-6,12H2,1H3. The molecule has 4 heteroatoms. The average molecular weight is 205 g/mol. The summed E-state index contributed by atoms with van der Waals surface area (Å²) in [5.41, 5.74) is 8.47. The van der Waals surface area contributed by atoms with Crippen LogP contribution in [-0.2, 0) is 6.54 Å². The first kappa shape index (κ1) is 9.98. The molecular formula is C11H15N3O. The lowest BCUT2D eigenvalue weighted by Crippen LogP contribution is -2.03. The topological polar surface area (TPSA) is 64.1 Å². The Bertz CT molecular complexity index is 476. The maximum absolute atomic E-state index is 8.78. The van der Waals surface area contributed by atoms with Crippen LogP contribution in [-0.4, -0.2) is 21.5 Å². The van der Waals surface area contributed by atoms with Gasteiger partial charge in [0, 0.05) is 29.9 Å². The van der Waals surface area contributed by atoms with Crippen molar-refractivity contribution < 1.29 is 5.11 Å². The van der Waals surface area contributed by atoms with Crippen molar-refractivity contribution in [2.75, 3.05) is 12.3 Å². The summed E-state index contributed by atoms with van der Waals surface area (Å²) in [4.78, 5) is 0. The number of nitrogen functional groups attached to an aromatic ring is 1. The first-order valence-corrected chi connectivity index (χ1v) is 5.06. The number of hydrogen-bond acceptors (Lipinski definition) is 3. The van der Waals surface area contributed by atoms with Crippen LogP contribution in [0.1, 0.15) is 12.1 Å². The van der Waals surface area contributed by atoms with Crippen molar-refractivity contribution in [3.05, 3.63) is 23.9 Å². The largest absolute Gasteiger partial charge is 0.399 e. The van der Waals surface area contributed by atoms with Crippen molar-refractivity contribution in [2.45, 2.75) is 19.9 Å². The van der Waals surface area contributed by atoms with Gasteiger partial charge in [0.15, 0.2) is 0 Å². The van der Waals surface area contributed by atoms with Crippen LogP contribution in [0.15, 0.2) is 18.2 Å². The quantitative estimate of drug-likeness (QED) is 0.742. The zero-order valence-corrected chi connectivity index (χ0v) is 8.77. The number of aliphatic hydroxyl groups is 1. The van der Waals surface area contributed by atoms with Gasteiger partial charge in [-0.25, -0.2) is 0 Å². The van der Waals surface area contributed by atoms with Crippen LogP contribution >= 0.6 is 0 Å². The fourth-order valence-corrected chi connectivity index (χ4v) is 1.72. The van der Waals surface area contributed by atoms with Gasteiger partial charge in [-0.1, -0.05) is 0 Å². The fraction of sp³-hybridized carbons (Fsp3) is 0.364. The molecule has 0 amide bonds. The average Bonchev–Trinajstić information content (AvgIpc) is 2.52. The van der Waals surface area contributed by atoms with Gasteiger partial charge in [-0.2, -0.15) is 5.10 Å². The third kappa shape index (κ3) is 1.80. The summed E-state index contributed by atoms with van der Waals surface area (Å²) >= 11 is 0. The van der Waals surface area contributed by atoms with E-state index in [1.54, 1.807) is 0 Å². The van der Waals surface area contributed by atoms with Crippen LogP contribution in [0.3, 0.4) is 0 Å². The first-order valence-electron chi connectivity index (χ1n) is 5.06. The molecule has 2 aromatic rings. The van der Waals surface area contributed by atoms with Crippen molar-refractivity contribution in [1.82, 2.24) is 9.78 Å². The number of fused-ring (bicyclic) bond motifs is 1. The van der Waals surface area contributed by atoms with Gasteiger partial charge >= 0.3 is 0 Å². The van der Waals surface area contributed by atoms with Crippen LogP contribution in [0, 0.1) is 6.92 Å². The summed E-state index contributed by atoms with van der Waals surface area (Å²) in [5, 5.41) is 14.3. The molecule has 1 heterocycles. The van der Waals surface area contributed by atoms with E-state index in [-0.39, 0.29) is 6.61 Å². The number of aliphatic hydroxyl groups excluding tert-OH is 1. The minimum absolute atomic E-state index is 0.192. The van der Waals surface area contributed by atoms with Crippen molar-refractivity contribution in [2.24, 2.45) is 0 Å². The van der Waals surface area contributed by atoms with Gasteiger partial charge in [-0.3, -0.25) is 4.68 Å². The Morgan fingerprint density at radius 3 is 3.00 bits per heavy atom. The van der Waals surface area contributed by atoms with Gasteiger partial charge in [0.25, 0.3) is 0 Å². The molecule has 0 spiro atoms. The van der Waals surface area contributed by atoms with E-state index in [0.29, 0.717) is 0 Å². The Hall–Kier alpha value is -1.55. The van der Waals surface area contributed by atoms with Crippen LogP contribution in [0.4, 0.5) is 5.69 Å². The van der Waals surface area contributed by atoms with Gasteiger partial charge in [0.1, 0.15) is 0 Å². The summed E-state index contributed by atoms with van der Waals surface area (Å²) in [6.45, 7) is 2.97. The van der Waals surface area contributed by atoms with Gasteiger partial charge in [0.05, 0.1) is 5.52 Å². The van der Waals surface area contributed by atoms with E-state index >= 15 is 0 Å². The van der Waals surface area contributed by atoms with Crippen molar-refractivity contribution in [3.63, 3.8) is 0 Å². The fourth-order valence-electron chi connectivity index (χ4n) is 1.72. The highest BCUT2D eigenvalue weighted by Crippen LogP contribution is 2.20. The molecule has 15 heavy (non-hydrogen) atoms. The number of rotatable bonds is 3. The molecular weight excluding hydrogens is 190 g/mol. The molecule has 0 aliphatic carbocycles. The minimum Gasteiger partial charge on any atom is -0.399 e. The smallest absolute Gasteiger partial charge is 0.0946 e. The number of benzene rings is 1. The molecule has 0 bridgehead atoms. The van der Waals surface area contributed by atoms with Crippen LogP contribution in [0.2, 0.25) is 0 Å². The number of aromatic nitrogens is 2. The predicted molar refractivity (Wildman–Crippen MR) is 60.6 cm³/mol. The molecule has 3 N–H and O–H groups in total. The van der Waals surface area contributed by atoms with E-state index in [1.807, 2.05) is 29.8 Å². The van der Waals surface area contributed by atoms with Crippen molar-refractivity contribution in [3.8, 4) is 0 Å². The second-order valence-corrected chi connectivity index (χ2v) is 3.66. The van der Waals surface area contributed by atoms with Crippen LogP contribution in [0.5, 0.6) is 0 Å². The van der Waals surface area contributed by atoms with Crippen LogP contribution in [0.25, 0.3) is 10.9 Å². The Balaban J connectivity index is 2.44. The molecule has 1 aromatic heterocycles. The van der Waals surface area contributed by atoms with E-state index in [1.165, 1.54) is 0 Å². The highest BCUT2D eigenvalue weighted by Gasteiger charge is 2.06. The minimum atomic E-state index is 0.192. The highest BCUT2D eigenvalue weighted by molar-refractivity contribution is 5.84. The molecule has 0 unspecified atom stereocenters. The van der Waals surface area contributed by atoms with Crippen molar-refractivity contribution >= 4 is 16.6 Å². The highest BCUT2D eigenvalue weighted by atomic mass is 16.3. The Morgan fingerprint density at radius 2 is 2.27 bits per heavy atom. The van der Waals surface area contributed by atoms with Crippen LogP contribution < -0.4 is 5.73 Å². The molecule has 0 radical (unpaired) electrons. The maximum Gasteiger partial charge on any atom is 0.0946 e. The molecule has 0 aliphatic heterocycles. The van der Waals surface area contributed by atoms with E-state index in [4.69, 9.17) is 10.8 Å². The third-order valence-electron chi connectivity index (χ3n) is 2.56. The second kappa shape index (κ2) is 3.90. The van der Waals surface area contributed by atoms with Gasteiger partial charge in [0.2, 0.25) is 0 Å². The number of nitrogens with two attached hydrogens (primary N) is 1.